The Balaban J connectivity index is 1.56. The molecule has 0 radical (unpaired) electrons. The number of nitrogens with zero attached hydrogens (tertiary/aromatic N) is 1. The van der Waals surface area contributed by atoms with Gasteiger partial charge in [-0.3, -0.25) is 9.05 Å². The first kappa shape index (κ1) is 31.2. The molecular formula is C34H44NO5P. The Morgan fingerprint density at radius 2 is 1.59 bits per heavy atom. The Morgan fingerprint density at radius 1 is 0.878 bits per heavy atom. The molecule has 0 amide bonds. The lowest BCUT2D eigenvalue weighted by atomic mass is 9.81. The number of para-hydroxylation sites is 1. The highest BCUT2D eigenvalue weighted by molar-refractivity contribution is 7.47. The van der Waals surface area contributed by atoms with Crippen molar-refractivity contribution in [1.82, 2.24) is 0 Å². The molecule has 1 unspecified atom stereocenters. The maximum Gasteiger partial charge on any atom is 0.471 e. The highest BCUT2D eigenvalue weighted by Gasteiger charge is 2.39. The zero-order valence-corrected chi connectivity index (χ0v) is 26.1. The van der Waals surface area contributed by atoms with Crippen molar-refractivity contribution in [2.24, 2.45) is 0 Å². The normalized spacial score (nSPS) is 19.9. The zero-order valence-electron chi connectivity index (χ0n) is 25.2. The van der Waals surface area contributed by atoms with Gasteiger partial charge < -0.3 is 14.5 Å². The number of phosphoric acid groups is 1. The summed E-state index contributed by atoms with van der Waals surface area (Å²) in [4.78, 5) is 11.9. The summed E-state index contributed by atoms with van der Waals surface area (Å²) < 4.78 is 26.6. The largest absolute Gasteiger partial charge is 0.471 e. The molecule has 41 heavy (non-hydrogen) atoms. The van der Waals surface area contributed by atoms with Crippen LogP contribution in [0.3, 0.4) is 0 Å². The van der Waals surface area contributed by atoms with E-state index in [0.717, 1.165) is 25.1 Å². The molecule has 0 saturated heterocycles. The van der Waals surface area contributed by atoms with Crippen molar-refractivity contribution in [2.45, 2.75) is 57.8 Å². The maximum atomic E-state index is 11.7. The first-order valence-corrected chi connectivity index (χ1v) is 15.8. The summed E-state index contributed by atoms with van der Waals surface area (Å²) >= 11 is 0. The van der Waals surface area contributed by atoms with Crippen LogP contribution in [-0.4, -0.2) is 38.9 Å². The third-order valence-electron chi connectivity index (χ3n) is 8.25. The number of hydrogen-bond acceptors (Lipinski definition) is 5. The second kappa shape index (κ2) is 13.1. The van der Waals surface area contributed by atoms with E-state index in [2.05, 4.69) is 110 Å². The molecule has 4 rings (SSSR count). The van der Waals surface area contributed by atoms with E-state index in [-0.39, 0.29) is 17.4 Å². The molecule has 2 aliphatic rings. The van der Waals surface area contributed by atoms with E-state index in [9.17, 15) is 9.46 Å². The number of anilines is 1. The molecule has 0 aromatic heterocycles. The topological polar surface area (TPSA) is 68.2 Å². The minimum atomic E-state index is -3.98. The summed E-state index contributed by atoms with van der Waals surface area (Å²) in [5.74, 6) is 0. The number of hydrogen-bond donors (Lipinski definition) is 1. The number of allylic oxidation sites excluding steroid dienone is 8. The lowest BCUT2D eigenvalue weighted by Crippen LogP contribution is -2.27. The highest BCUT2D eigenvalue weighted by atomic mass is 31.2. The van der Waals surface area contributed by atoms with Crippen LogP contribution in [0.15, 0.2) is 90.2 Å². The fraction of sp³-hybridized carbons (Fsp3) is 0.412. The van der Waals surface area contributed by atoms with Gasteiger partial charge in [0.2, 0.25) is 0 Å². The molecule has 1 N–H and O–H groups in total. The number of methoxy groups -OCH3 is 1. The highest BCUT2D eigenvalue weighted by Crippen LogP contribution is 2.49. The fourth-order valence-corrected chi connectivity index (χ4v) is 6.60. The minimum Gasteiger partial charge on any atom is -0.385 e. The lowest BCUT2D eigenvalue weighted by Gasteiger charge is -2.27. The molecule has 1 aliphatic carbocycles. The van der Waals surface area contributed by atoms with Gasteiger partial charge in [-0.15, -0.1) is 0 Å². The van der Waals surface area contributed by atoms with E-state index < -0.39 is 7.82 Å². The van der Waals surface area contributed by atoms with Crippen LogP contribution < -0.4 is 4.90 Å². The second-order valence-electron chi connectivity index (χ2n) is 11.6. The molecular weight excluding hydrogens is 533 g/mol. The number of fused-ring (bicyclic) bond motifs is 2. The molecule has 1 atom stereocenters. The van der Waals surface area contributed by atoms with E-state index in [1.54, 1.807) is 7.11 Å². The molecule has 0 spiro atoms. The van der Waals surface area contributed by atoms with Crippen LogP contribution in [0.4, 0.5) is 5.69 Å². The average molecular weight is 578 g/mol. The van der Waals surface area contributed by atoms with Gasteiger partial charge in [-0.25, -0.2) is 4.57 Å². The maximum absolute atomic E-state index is 11.7. The van der Waals surface area contributed by atoms with E-state index in [1.807, 2.05) is 6.07 Å². The molecule has 6 nitrogen and oxygen atoms in total. The average Bonchev–Trinajstić information content (AvgIpc) is 3.30. The van der Waals surface area contributed by atoms with Gasteiger partial charge in [0.25, 0.3) is 0 Å². The van der Waals surface area contributed by atoms with Crippen LogP contribution >= 0.6 is 7.82 Å². The molecule has 0 saturated carbocycles. The van der Waals surface area contributed by atoms with E-state index in [1.165, 1.54) is 40.6 Å². The number of rotatable bonds is 13. The summed E-state index contributed by atoms with van der Waals surface area (Å²) in [5, 5.41) is 0. The SMILES string of the molecule is COCCCC1=C(/C=C/C=C/C=C2/N(CCCOP(=O)(O)OC)c3ccccc3C2(C)C)C(C)(C)c2ccccc21. The van der Waals surface area contributed by atoms with Gasteiger partial charge in [0.15, 0.2) is 0 Å². The predicted octanol–water partition coefficient (Wildman–Crippen LogP) is 8.11. The van der Waals surface area contributed by atoms with Gasteiger partial charge in [0.05, 0.1) is 6.61 Å². The Hall–Kier alpha value is -2.73. The van der Waals surface area contributed by atoms with Crippen molar-refractivity contribution in [1.29, 1.82) is 0 Å². The molecule has 2 aromatic carbocycles. The van der Waals surface area contributed by atoms with Gasteiger partial charge in [0.1, 0.15) is 0 Å². The van der Waals surface area contributed by atoms with E-state index in [0.29, 0.717) is 13.0 Å². The van der Waals surface area contributed by atoms with Crippen molar-refractivity contribution in [3.8, 4) is 0 Å². The van der Waals surface area contributed by atoms with Crippen molar-refractivity contribution < 1.29 is 23.2 Å². The summed E-state index contributed by atoms with van der Waals surface area (Å²) in [5.41, 5.74) is 8.86. The lowest BCUT2D eigenvalue weighted by molar-refractivity contribution is 0.172. The molecule has 7 heteroatoms. The molecule has 220 valence electrons. The first-order chi connectivity index (χ1) is 19.5. The Morgan fingerprint density at radius 3 is 2.32 bits per heavy atom. The number of ether oxygens (including phenoxy) is 1. The molecule has 0 bridgehead atoms. The number of phosphoric ester groups is 1. The smallest absolute Gasteiger partial charge is 0.385 e. The Kier molecular flexibility index (Phi) is 9.94. The Labute approximate surface area is 245 Å². The van der Waals surface area contributed by atoms with Crippen molar-refractivity contribution in [2.75, 3.05) is 38.9 Å². The van der Waals surface area contributed by atoms with E-state index >= 15 is 0 Å². The molecule has 1 aliphatic heterocycles. The van der Waals surface area contributed by atoms with Gasteiger partial charge in [-0.2, -0.15) is 0 Å². The fourth-order valence-electron chi connectivity index (χ4n) is 6.13. The zero-order chi connectivity index (χ0) is 29.7. The van der Waals surface area contributed by atoms with Crippen LogP contribution in [0.1, 0.15) is 63.6 Å². The Bertz CT molecular complexity index is 1400. The summed E-state index contributed by atoms with van der Waals surface area (Å²) in [7, 11) is -1.05. The van der Waals surface area contributed by atoms with Crippen molar-refractivity contribution in [3.63, 3.8) is 0 Å². The second-order valence-corrected chi connectivity index (χ2v) is 13.1. The molecule has 0 fully saturated rings. The van der Waals surface area contributed by atoms with Gasteiger partial charge >= 0.3 is 7.82 Å². The monoisotopic (exact) mass is 577 g/mol. The molecule has 2 aromatic rings. The van der Waals surface area contributed by atoms with Gasteiger partial charge in [-0.05, 0) is 59.2 Å². The van der Waals surface area contributed by atoms with Crippen LogP contribution in [0.5, 0.6) is 0 Å². The van der Waals surface area contributed by atoms with Gasteiger partial charge in [0, 0.05) is 49.6 Å². The quantitative estimate of drug-likeness (QED) is 0.147. The van der Waals surface area contributed by atoms with Crippen LogP contribution in [0.2, 0.25) is 0 Å². The van der Waals surface area contributed by atoms with Crippen LogP contribution in [0, 0.1) is 0 Å². The standard InChI is InChI=1S/C34H44NO5P/c1-33(2)28(27(17-14-24-38-5)26-16-10-11-19-29(26)33)18-8-7-9-22-32-34(3,4)30-20-12-13-21-31(30)35(32)23-15-25-40-41(36,37)39-6/h7-13,16,18-22H,14-15,17,23-25H2,1-6H3,(H,36,37)/b9-7+,18-8+,32-22+. The van der Waals surface area contributed by atoms with Crippen molar-refractivity contribution >= 4 is 19.1 Å². The van der Waals surface area contributed by atoms with E-state index in [4.69, 9.17) is 9.26 Å². The summed E-state index contributed by atoms with van der Waals surface area (Å²) in [6.45, 7) is 10.6. The first-order valence-electron chi connectivity index (χ1n) is 14.3. The number of benzene rings is 2. The third kappa shape index (κ3) is 6.69. The predicted molar refractivity (Wildman–Crippen MR) is 168 cm³/mol. The minimum absolute atomic E-state index is 0.0584. The van der Waals surface area contributed by atoms with Crippen LogP contribution in [-0.2, 0) is 29.2 Å². The molecule has 1 heterocycles. The van der Waals surface area contributed by atoms with Crippen LogP contribution in [0.25, 0.3) is 5.57 Å². The van der Waals surface area contributed by atoms with Crippen molar-refractivity contribution in [3.05, 3.63) is 107 Å². The summed E-state index contributed by atoms with van der Waals surface area (Å²) in [6, 6.07) is 17.2. The van der Waals surface area contributed by atoms with Gasteiger partial charge in [-0.1, -0.05) is 94.5 Å². The summed E-state index contributed by atoms with van der Waals surface area (Å²) in [6.07, 6.45) is 13.4. The third-order valence-corrected chi connectivity index (χ3v) is 9.22.